The standard InChI is InChI=1S/C14H21N3O2/c1-19-14(18)12-11(9-5-3-2-4-6-9)13(15)17(16-12)10-7-8-10/h9-10H,2-8,15H2,1H3. The number of anilines is 1. The van der Waals surface area contributed by atoms with Crippen molar-refractivity contribution in [3.05, 3.63) is 11.3 Å². The van der Waals surface area contributed by atoms with Crippen LogP contribution in [0.1, 0.15) is 73.0 Å². The van der Waals surface area contributed by atoms with E-state index in [0.717, 1.165) is 31.2 Å². The van der Waals surface area contributed by atoms with Crippen molar-refractivity contribution >= 4 is 11.8 Å². The number of rotatable bonds is 3. The quantitative estimate of drug-likeness (QED) is 0.851. The van der Waals surface area contributed by atoms with Crippen LogP contribution in [0.5, 0.6) is 0 Å². The van der Waals surface area contributed by atoms with Crippen LogP contribution in [-0.4, -0.2) is 22.9 Å². The number of nitrogens with two attached hydrogens (primary N) is 1. The molecule has 5 heteroatoms. The number of methoxy groups -OCH3 is 1. The van der Waals surface area contributed by atoms with Gasteiger partial charge in [0, 0.05) is 5.56 Å². The van der Waals surface area contributed by atoms with E-state index in [1.807, 2.05) is 4.68 Å². The zero-order valence-corrected chi connectivity index (χ0v) is 11.4. The largest absolute Gasteiger partial charge is 0.464 e. The van der Waals surface area contributed by atoms with E-state index in [4.69, 9.17) is 10.5 Å². The molecular weight excluding hydrogens is 242 g/mol. The zero-order chi connectivity index (χ0) is 13.4. The molecule has 0 aromatic carbocycles. The van der Waals surface area contributed by atoms with Gasteiger partial charge < -0.3 is 10.5 Å². The van der Waals surface area contributed by atoms with E-state index in [-0.39, 0.29) is 5.97 Å². The van der Waals surface area contributed by atoms with Crippen molar-refractivity contribution in [1.82, 2.24) is 9.78 Å². The smallest absolute Gasteiger partial charge is 0.358 e. The molecule has 0 bridgehead atoms. The van der Waals surface area contributed by atoms with E-state index in [0.29, 0.717) is 23.5 Å². The van der Waals surface area contributed by atoms with Crippen molar-refractivity contribution < 1.29 is 9.53 Å². The molecule has 2 fully saturated rings. The first-order valence-corrected chi connectivity index (χ1v) is 7.18. The van der Waals surface area contributed by atoms with Gasteiger partial charge in [0.15, 0.2) is 5.69 Å². The molecule has 0 amide bonds. The highest BCUT2D eigenvalue weighted by atomic mass is 16.5. The molecule has 0 atom stereocenters. The Morgan fingerprint density at radius 2 is 1.95 bits per heavy atom. The molecule has 2 saturated carbocycles. The maximum Gasteiger partial charge on any atom is 0.358 e. The average Bonchev–Trinajstić information content (AvgIpc) is 3.22. The van der Waals surface area contributed by atoms with E-state index in [1.165, 1.54) is 26.4 Å². The lowest BCUT2D eigenvalue weighted by atomic mass is 9.83. The Bertz CT molecular complexity index is 485. The lowest BCUT2D eigenvalue weighted by Gasteiger charge is -2.22. The molecule has 104 valence electrons. The summed E-state index contributed by atoms with van der Waals surface area (Å²) in [5, 5.41) is 4.43. The monoisotopic (exact) mass is 263 g/mol. The second-order valence-corrected chi connectivity index (χ2v) is 5.65. The summed E-state index contributed by atoms with van der Waals surface area (Å²) in [7, 11) is 1.40. The number of hydrogen-bond donors (Lipinski definition) is 1. The summed E-state index contributed by atoms with van der Waals surface area (Å²) in [6.07, 6.45) is 8.11. The fourth-order valence-electron chi connectivity index (χ4n) is 3.10. The summed E-state index contributed by atoms with van der Waals surface area (Å²) in [5.74, 6) is 0.705. The summed E-state index contributed by atoms with van der Waals surface area (Å²) >= 11 is 0. The first-order valence-electron chi connectivity index (χ1n) is 7.18. The molecule has 2 N–H and O–H groups in total. The highest BCUT2D eigenvalue weighted by Crippen LogP contribution is 2.42. The maximum absolute atomic E-state index is 11.9. The number of nitrogen functional groups attached to an aromatic ring is 1. The third kappa shape index (κ3) is 2.22. The Balaban J connectivity index is 2.00. The van der Waals surface area contributed by atoms with Crippen LogP contribution in [0.4, 0.5) is 5.82 Å². The lowest BCUT2D eigenvalue weighted by molar-refractivity contribution is 0.0591. The Kier molecular flexibility index (Phi) is 3.21. The van der Waals surface area contributed by atoms with Gasteiger partial charge in [0.1, 0.15) is 5.82 Å². The van der Waals surface area contributed by atoms with Crippen LogP contribution in [0.2, 0.25) is 0 Å². The normalized spacial score (nSPS) is 20.5. The van der Waals surface area contributed by atoms with Crippen molar-refractivity contribution in [2.24, 2.45) is 0 Å². The Morgan fingerprint density at radius 1 is 1.26 bits per heavy atom. The van der Waals surface area contributed by atoms with Crippen molar-refractivity contribution in [3.63, 3.8) is 0 Å². The van der Waals surface area contributed by atoms with E-state index < -0.39 is 0 Å². The molecule has 1 heterocycles. The summed E-state index contributed by atoms with van der Waals surface area (Å²) in [6, 6.07) is 0.390. The van der Waals surface area contributed by atoms with Crippen LogP contribution in [0, 0.1) is 0 Å². The molecule has 2 aliphatic rings. The molecule has 5 nitrogen and oxygen atoms in total. The number of ether oxygens (including phenoxy) is 1. The van der Waals surface area contributed by atoms with Crippen LogP contribution < -0.4 is 5.73 Å². The van der Waals surface area contributed by atoms with Crippen molar-refractivity contribution in [2.45, 2.75) is 56.9 Å². The molecule has 1 aromatic heterocycles. The minimum atomic E-state index is -0.355. The summed E-state index contributed by atoms with van der Waals surface area (Å²) in [5.41, 5.74) is 7.65. The maximum atomic E-state index is 11.9. The highest BCUT2D eigenvalue weighted by Gasteiger charge is 2.34. The predicted octanol–water partition coefficient (Wildman–Crippen LogP) is 2.63. The van der Waals surface area contributed by atoms with Crippen molar-refractivity contribution in [3.8, 4) is 0 Å². The Labute approximate surface area is 113 Å². The first-order chi connectivity index (χ1) is 9.22. The van der Waals surface area contributed by atoms with Gasteiger partial charge in [-0.15, -0.1) is 0 Å². The number of nitrogens with zero attached hydrogens (tertiary/aromatic N) is 2. The van der Waals surface area contributed by atoms with Crippen LogP contribution >= 0.6 is 0 Å². The van der Waals surface area contributed by atoms with Crippen LogP contribution in [0.3, 0.4) is 0 Å². The molecule has 0 spiro atoms. The zero-order valence-electron chi connectivity index (χ0n) is 11.4. The molecule has 2 aliphatic carbocycles. The van der Waals surface area contributed by atoms with Gasteiger partial charge in [-0.05, 0) is 31.6 Å². The van der Waals surface area contributed by atoms with Gasteiger partial charge in [-0.2, -0.15) is 5.10 Å². The van der Waals surface area contributed by atoms with Gasteiger partial charge in [0.05, 0.1) is 13.2 Å². The Morgan fingerprint density at radius 3 is 2.53 bits per heavy atom. The third-order valence-corrected chi connectivity index (χ3v) is 4.27. The lowest BCUT2D eigenvalue weighted by Crippen LogP contribution is -2.12. The van der Waals surface area contributed by atoms with Gasteiger partial charge in [-0.3, -0.25) is 0 Å². The first kappa shape index (κ1) is 12.5. The highest BCUT2D eigenvalue weighted by molar-refractivity contribution is 5.90. The summed E-state index contributed by atoms with van der Waals surface area (Å²) in [6.45, 7) is 0. The van der Waals surface area contributed by atoms with Crippen LogP contribution in [-0.2, 0) is 4.74 Å². The number of carbonyl (C=O) groups excluding carboxylic acids is 1. The topological polar surface area (TPSA) is 70.1 Å². The molecule has 0 radical (unpaired) electrons. The van der Waals surface area contributed by atoms with E-state index in [2.05, 4.69) is 5.10 Å². The second-order valence-electron chi connectivity index (χ2n) is 5.65. The number of carbonyl (C=O) groups is 1. The molecule has 1 aromatic rings. The summed E-state index contributed by atoms with van der Waals surface area (Å²) < 4.78 is 6.71. The molecule has 3 rings (SSSR count). The number of aromatic nitrogens is 2. The molecule has 19 heavy (non-hydrogen) atoms. The minimum absolute atomic E-state index is 0.355. The number of hydrogen-bond acceptors (Lipinski definition) is 4. The third-order valence-electron chi connectivity index (χ3n) is 4.27. The molecule has 0 unspecified atom stereocenters. The van der Waals surface area contributed by atoms with Gasteiger partial charge in [0.2, 0.25) is 0 Å². The Hall–Kier alpha value is -1.52. The molecule has 0 aliphatic heterocycles. The van der Waals surface area contributed by atoms with E-state index >= 15 is 0 Å². The van der Waals surface area contributed by atoms with Crippen LogP contribution in [0.15, 0.2) is 0 Å². The molecule has 0 saturated heterocycles. The molecular formula is C14H21N3O2. The fourth-order valence-corrected chi connectivity index (χ4v) is 3.10. The predicted molar refractivity (Wildman–Crippen MR) is 72.1 cm³/mol. The van der Waals surface area contributed by atoms with Crippen LogP contribution in [0.25, 0.3) is 0 Å². The van der Waals surface area contributed by atoms with Gasteiger partial charge in [0.25, 0.3) is 0 Å². The van der Waals surface area contributed by atoms with E-state index in [9.17, 15) is 4.79 Å². The van der Waals surface area contributed by atoms with Gasteiger partial charge in [-0.25, -0.2) is 9.48 Å². The fraction of sp³-hybridized carbons (Fsp3) is 0.714. The number of esters is 1. The SMILES string of the molecule is COC(=O)c1nn(C2CC2)c(N)c1C1CCCCC1. The minimum Gasteiger partial charge on any atom is -0.464 e. The summed E-state index contributed by atoms with van der Waals surface area (Å²) in [4.78, 5) is 11.9. The van der Waals surface area contributed by atoms with Crippen molar-refractivity contribution in [2.75, 3.05) is 12.8 Å². The van der Waals surface area contributed by atoms with Gasteiger partial charge >= 0.3 is 5.97 Å². The van der Waals surface area contributed by atoms with Gasteiger partial charge in [-0.1, -0.05) is 19.3 Å². The van der Waals surface area contributed by atoms with E-state index in [1.54, 1.807) is 0 Å². The average molecular weight is 263 g/mol. The second kappa shape index (κ2) is 4.87. The van der Waals surface area contributed by atoms with Crippen molar-refractivity contribution in [1.29, 1.82) is 0 Å².